The first-order valence-electron chi connectivity index (χ1n) is 7.24. The van der Waals surface area contributed by atoms with Crippen molar-refractivity contribution in [3.63, 3.8) is 0 Å². The fourth-order valence-corrected chi connectivity index (χ4v) is 3.77. The fraction of sp³-hybridized carbons (Fsp3) is 0.375. The van der Waals surface area contributed by atoms with E-state index < -0.39 is 5.97 Å². The molecule has 0 fully saturated rings. The number of nitrogens with zero attached hydrogens (tertiary/aromatic N) is 1. The summed E-state index contributed by atoms with van der Waals surface area (Å²) in [5, 5.41) is 14.8. The number of hydrogen-bond donors (Lipinski definition) is 2. The minimum absolute atomic E-state index is 0.237. The van der Waals surface area contributed by atoms with Gasteiger partial charge in [0.05, 0.1) is 11.6 Å². The van der Waals surface area contributed by atoms with Crippen molar-refractivity contribution in [1.29, 1.82) is 0 Å². The summed E-state index contributed by atoms with van der Waals surface area (Å²) >= 11 is 1.80. The number of carboxylic acid groups (broad SMARTS) is 1. The van der Waals surface area contributed by atoms with Crippen molar-refractivity contribution < 1.29 is 9.90 Å². The summed E-state index contributed by atoms with van der Waals surface area (Å²) < 4.78 is 0. The number of rotatable bonds is 4. The Morgan fingerprint density at radius 1 is 1.52 bits per heavy atom. The summed E-state index contributed by atoms with van der Waals surface area (Å²) in [5.74, 6) is -0.245. The van der Waals surface area contributed by atoms with Crippen LogP contribution in [0, 0.1) is 0 Å². The highest BCUT2D eigenvalue weighted by Gasteiger charge is 2.21. The molecule has 1 unspecified atom stereocenters. The first-order valence-corrected chi connectivity index (χ1v) is 8.12. The molecule has 0 saturated heterocycles. The van der Waals surface area contributed by atoms with Crippen LogP contribution in [0.15, 0.2) is 23.6 Å². The first-order chi connectivity index (χ1) is 10.2. The molecule has 0 aliphatic heterocycles. The Labute approximate surface area is 127 Å². The molecule has 1 aliphatic carbocycles. The lowest BCUT2D eigenvalue weighted by Crippen LogP contribution is -2.17. The zero-order valence-corrected chi connectivity index (χ0v) is 12.7. The Hall–Kier alpha value is -1.88. The Kier molecular flexibility index (Phi) is 3.92. The Bertz CT molecular complexity index is 666. The quantitative estimate of drug-likeness (QED) is 0.899. The van der Waals surface area contributed by atoms with Gasteiger partial charge in [0.2, 0.25) is 0 Å². The van der Waals surface area contributed by atoms with Crippen molar-refractivity contribution >= 4 is 23.1 Å². The van der Waals surface area contributed by atoms with Gasteiger partial charge in [0.1, 0.15) is 5.82 Å². The molecule has 0 spiro atoms. The van der Waals surface area contributed by atoms with Gasteiger partial charge in [-0.05, 0) is 54.8 Å². The molecule has 110 valence electrons. The molecule has 1 atom stereocenters. The molecule has 21 heavy (non-hydrogen) atoms. The number of nitrogens with one attached hydrogen (secondary N) is 1. The Morgan fingerprint density at radius 3 is 3.14 bits per heavy atom. The van der Waals surface area contributed by atoms with E-state index in [1.165, 1.54) is 10.4 Å². The number of aryl methyl sites for hydroxylation is 2. The summed E-state index contributed by atoms with van der Waals surface area (Å²) in [6, 6.07) is 5.67. The van der Waals surface area contributed by atoms with Crippen LogP contribution in [-0.2, 0) is 12.8 Å². The van der Waals surface area contributed by atoms with Crippen LogP contribution in [0.5, 0.6) is 0 Å². The highest BCUT2D eigenvalue weighted by Crippen LogP contribution is 2.35. The predicted octanol–water partition coefficient (Wildman–Crippen LogP) is 3.89. The van der Waals surface area contributed by atoms with Crippen LogP contribution in [0.3, 0.4) is 0 Å². The van der Waals surface area contributed by atoms with Gasteiger partial charge in [0, 0.05) is 10.6 Å². The van der Waals surface area contributed by atoms with Crippen LogP contribution in [0.2, 0.25) is 0 Å². The van der Waals surface area contributed by atoms with E-state index in [-0.39, 0.29) is 6.04 Å². The number of hydrogen-bond acceptors (Lipinski definition) is 4. The third kappa shape index (κ3) is 2.93. The average molecular weight is 302 g/mol. The maximum absolute atomic E-state index is 11.2. The van der Waals surface area contributed by atoms with Gasteiger partial charge in [-0.3, -0.25) is 0 Å². The molecule has 2 heterocycles. The lowest BCUT2D eigenvalue weighted by molar-refractivity contribution is 0.0696. The molecule has 0 saturated carbocycles. The lowest BCUT2D eigenvalue weighted by Gasteiger charge is -2.24. The van der Waals surface area contributed by atoms with Crippen LogP contribution >= 0.6 is 11.3 Å². The van der Waals surface area contributed by atoms with E-state index in [0.717, 1.165) is 31.4 Å². The van der Waals surface area contributed by atoms with Gasteiger partial charge >= 0.3 is 5.97 Å². The summed E-state index contributed by atoms with van der Waals surface area (Å²) in [7, 11) is 0. The predicted molar refractivity (Wildman–Crippen MR) is 84.2 cm³/mol. The number of fused-ring (bicyclic) bond motifs is 1. The minimum Gasteiger partial charge on any atom is -0.478 e. The molecule has 1 aliphatic rings. The van der Waals surface area contributed by atoms with Crippen LogP contribution in [0.1, 0.15) is 52.3 Å². The third-order valence-electron chi connectivity index (χ3n) is 3.86. The van der Waals surface area contributed by atoms with Gasteiger partial charge in [-0.1, -0.05) is 6.92 Å². The average Bonchev–Trinajstić information content (AvgIpc) is 2.96. The zero-order valence-electron chi connectivity index (χ0n) is 11.9. The van der Waals surface area contributed by atoms with E-state index in [1.54, 1.807) is 23.5 Å². The normalized spacial score (nSPS) is 17.3. The number of carbonyl (C=O) groups is 1. The summed E-state index contributed by atoms with van der Waals surface area (Å²) in [6.07, 6.45) is 4.09. The van der Waals surface area contributed by atoms with Gasteiger partial charge in [-0.2, -0.15) is 0 Å². The number of aromatic carboxylic acids is 1. The number of anilines is 1. The smallest absolute Gasteiger partial charge is 0.335 e. The molecule has 5 heteroatoms. The third-order valence-corrected chi connectivity index (χ3v) is 4.86. The number of pyridine rings is 1. The SMILES string of the molecule is CCc1cc(C(=O)O)cc(NC2CCCc3sccc32)n1. The second-order valence-electron chi connectivity index (χ2n) is 5.28. The number of thiophene rings is 1. The lowest BCUT2D eigenvalue weighted by atomic mass is 9.94. The van der Waals surface area contributed by atoms with Crippen molar-refractivity contribution in [2.75, 3.05) is 5.32 Å². The molecule has 0 aromatic carbocycles. The van der Waals surface area contributed by atoms with Gasteiger partial charge < -0.3 is 10.4 Å². The molecule has 2 aromatic heterocycles. The summed E-state index contributed by atoms with van der Waals surface area (Å²) in [5.41, 5.74) is 2.44. The van der Waals surface area contributed by atoms with Gasteiger partial charge in [0.15, 0.2) is 0 Å². The van der Waals surface area contributed by atoms with E-state index in [0.29, 0.717) is 11.4 Å². The van der Waals surface area contributed by atoms with Crippen LogP contribution in [0.4, 0.5) is 5.82 Å². The van der Waals surface area contributed by atoms with Crippen LogP contribution in [-0.4, -0.2) is 16.1 Å². The van der Waals surface area contributed by atoms with E-state index in [1.807, 2.05) is 6.92 Å². The Morgan fingerprint density at radius 2 is 2.38 bits per heavy atom. The zero-order chi connectivity index (χ0) is 14.8. The van der Waals surface area contributed by atoms with Crippen molar-refractivity contribution in [3.8, 4) is 0 Å². The molecule has 0 radical (unpaired) electrons. The van der Waals surface area contributed by atoms with E-state index in [4.69, 9.17) is 0 Å². The Balaban J connectivity index is 1.89. The molecular formula is C16H18N2O2S. The molecule has 0 bridgehead atoms. The fourth-order valence-electron chi connectivity index (χ4n) is 2.78. The molecule has 3 rings (SSSR count). The van der Waals surface area contributed by atoms with Crippen molar-refractivity contribution in [2.45, 2.75) is 38.6 Å². The summed E-state index contributed by atoms with van der Waals surface area (Å²) in [6.45, 7) is 1.98. The summed E-state index contributed by atoms with van der Waals surface area (Å²) in [4.78, 5) is 17.2. The minimum atomic E-state index is -0.907. The monoisotopic (exact) mass is 302 g/mol. The number of carboxylic acids is 1. The van der Waals surface area contributed by atoms with Gasteiger partial charge in [-0.25, -0.2) is 9.78 Å². The van der Waals surface area contributed by atoms with Crippen molar-refractivity contribution in [2.24, 2.45) is 0 Å². The maximum Gasteiger partial charge on any atom is 0.335 e. The van der Waals surface area contributed by atoms with E-state index >= 15 is 0 Å². The maximum atomic E-state index is 11.2. The standard InChI is InChI=1S/C16H18N2O2S/c1-2-11-8-10(16(19)20)9-15(17-11)18-13-4-3-5-14-12(13)6-7-21-14/h6-9,13H,2-5H2,1H3,(H,17,18)(H,19,20). The topological polar surface area (TPSA) is 62.2 Å². The molecule has 2 aromatic rings. The van der Waals surface area contributed by atoms with Crippen LogP contribution in [0.25, 0.3) is 0 Å². The number of aromatic nitrogens is 1. The van der Waals surface area contributed by atoms with Crippen LogP contribution < -0.4 is 5.32 Å². The second kappa shape index (κ2) is 5.85. The molecule has 0 amide bonds. The van der Waals surface area contributed by atoms with Crippen molar-refractivity contribution in [3.05, 3.63) is 45.3 Å². The highest BCUT2D eigenvalue weighted by atomic mass is 32.1. The second-order valence-corrected chi connectivity index (χ2v) is 6.28. The molecular weight excluding hydrogens is 284 g/mol. The van der Waals surface area contributed by atoms with Crippen molar-refractivity contribution in [1.82, 2.24) is 4.98 Å². The molecule has 2 N–H and O–H groups in total. The first kappa shape index (κ1) is 14.1. The largest absolute Gasteiger partial charge is 0.478 e. The van der Waals surface area contributed by atoms with E-state index in [9.17, 15) is 9.90 Å². The van der Waals surface area contributed by atoms with Gasteiger partial charge in [-0.15, -0.1) is 11.3 Å². The molecule has 4 nitrogen and oxygen atoms in total. The van der Waals surface area contributed by atoms with Gasteiger partial charge in [0.25, 0.3) is 0 Å². The highest BCUT2D eigenvalue weighted by molar-refractivity contribution is 7.10. The van der Waals surface area contributed by atoms with E-state index in [2.05, 4.69) is 21.7 Å².